The molecule has 1 atom stereocenters. The first kappa shape index (κ1) is 12.5. The molecular weight excluding hydrogens is 192 g/mol. The lowest BCUT2D eigenvalue weighted by Gasteiger charge is -2.21. The number of ether oxygens (including phenoxy) is 1. The Kier molecular flexibility index (Phi) is 5.05. The van der Waals surface area contributed by atoms with Crippen molar-refractivity contribution in [2.24, 2.45) is 0 Å². The van der Waals surface area contributed by atoms with Crippen LogP contribution in [0, 0.1) is 0 Å². The zero-order chi connectivity index (χ0) is 11.3. The van der Waals surface area contributed by atoms with Crippen LogP contribution in [0.15, 0.2) is 0 Å². The van der Waals surface area contributed by atoms with E-state index in [4.69, 9.17) is 4.74 Å². The van der Waals surface area contributed by atoms with Gasteiger partial charge in [-0.3, -0.25) is 4.79 Å². The number of carbonyl (C=O) groups excluding carboxylic acids is 1. The predicted molar refractivity (Wildman–Crippen MR) is 59.8 cm³/mol. The molecule has 4 heteroatoms. The molecule has 4 nitrogen and oxygen atoms in total. The van der Waals surface area contributed by atoms with Gasteiger partial charge in [-0.1, -0.05) is 0 Å². The quantitative estimate of drug-likeness (QED) is 0.671. The fourth-order valence-electron chi connectivity index (χ4n) is 1.63. The van der Waals surface area contributed by atoms with Gasteiger partial charge in [-0.15, -0.1) is 0 Å². The zero-order valence-electron chi connectivity index (χ0n) is 10.0. The lowest BCUT2D eigenvalue weighted by molar-refractivity contribution is -0.132. The molecule has 0 bridgehead atoms. The van der Waals surface area contributed by atoms with Crippen LogP contribution in [0.5, 0.6) is 0 Å². The highest BCUT2D eigenvalue weighted by atomic mass is 16.5. The van der Waals surface area contributed by atoms with Crippen LogP contribution < -0.4 is 0 Å². The molecule has 0 N–H and O–H groups in total. The van der Waals surface area contributed by atoms with Crippen LogP contribution in [-0.4, -0.2) is 62.7 Å². The summed E-state index contributed by atoms with van der Waals surface area (Å²) in [5, 5.41) is 0. The van der Waals surface area contributed by atoms with Crippen LogP contribution in [0.2, 0.25) is 0 Å². The molecular formula is C11H22N2O2. The molecule has 88 valence electrons. The maximum Gasteiger partial charge on any atom is 0.224 e. The van der Waals surface area contributed by atoms with Gasteiger partial charge in [-0.25, -0.2) is 0 Å². The van der Waals surface area contributed by atoms with Crippen molar-refractivity contribution in [1.82, 2.24) is 9.80 Å². The molecule has 1 heterocycles. The van der Waals surface area contributed by atoms with Crippen LogP contribution in [0.3, 0.4) is 0 Å². The van der Waals surface area contributed by atoms with Crippen LogP contribution >= 0.6 is 0 Å². The Bertz CT molecular complexity index is 201. The van der Waals surface area contributed by atoms with E-state index in [-0.39, 0.29) is 12.0 Å². The first-order valence-corrected chi connectivity index (χ1v) is 5.60. The van der Waals surface area contributed by atoms with E-state index in [1.807, 2.05) is 21.1 Å². The van der Waals surface area contributed by atoms with Gasteiger partial charge in [-0.05, 0) is 26.9 Å². The largest absolute Gasteiger partial charge is 0.378 e. The average Bonchev–Trinajstić information content (AvgIpc) is 2.66. The lowest BCUT2D eigenvalue weighted by Crippen LogP contribution is -2.35. The van der Waals surface area contributed by atoms with E-state index >= 15 is 0 Å². The number of likely N-dealkylation sites (N-methyl/N-ethyl adjacent to an activating group) is 2. The maximum atomic E-state index is 11.7. The molecule has 1 aliphatic heterocycles. The van der Waals surface area contributed by atoms with Gasteiger partial charge in [0.2, 0.25) is 5.91 Å². The van der Waals surface area contributed by atoms with Gasteiger partial charge < -0.3 is 14.5 Å². The summed E-state index contributed by atoms with van der Waals surface area (Å²) in [6.45, 7) is 2.52. The number of nitrogens with zero attached hydrogens (tertiary/aromatic N) is 2. The third-order valence-corrected chi connectivity index (χ3v) is 2.73. The lowest BCUT2D eigenvalue weighted by atomic mass is 10.1. The van der Waals surface area contributed by atoms with Gasteiger partial charge in [-0.2, -0.15) is 0 Å². The molecule has 0 aromatic rings. The Morgan fingerprint density at radius 3 is 2.60 bits per heavy atom. The van der Waals surface area contributed by atoms with E-state index in [9.17, 15) is 4.79 Å². The second-order valence-corrected chi connectivity index (χ2v) is 4.46. The average molecular weight is 214 g/mol. The molecule has 0 spiro atoms. The van der Waals surface area contributed by atoms with Gasteiger partial charge in [0.25, 0.3) is 0 Å². The Morgan fingerprint density at radius 2 is 2.07 bits per heavy atom. The van der Waals surface area contributed by atoms with Crippen LogP contribution in [0.1, 0.15) is 19.3 Å². The predicted octanol–water partition coefficient (Wildman–Crippen LogP) is 0.575. The van der Waals surface area contributed by atoms with Crippen molar-refractivity contribution in [2.45, 2.75) is 25.4 Å². The fourth-order valence-corrected chi connectivity index (χ4v) is 1.63. The highest BCUT2D eigenvalue weighted by Gasteiger charge is 2.20. The zero-order valence-corrected chi connectivity index (χ0v) is 10.0. The molecule has 1 aliphatic rings. The van der Waals surface area contributed by atoms with E-state index < -0.39 is 0 Å². The molecule has 1 fully saturated rings. The van der Waals surface area contributed by atoms with Crippen LogP contribution in [0.4, 0.5) is 0 Å². The third-order valence-electron chi connectivity index (χ3n) is 2.73. The highest BCUT2D eigenvalue weighted by Crippen LogP contribution is 2.15. The summed E-state index contributed by atoms with van der Waals surface area (Å²) in [4.78, 5) is 15.6. The number of hydrogen-bond donors (Lipinski definition) is 0. The number of hydrogen-bond acceptors (Lipinski definition) is 3. The van der Waals surface area contributed by atoms with Crippen molar-refractivity contribution >= 4 is 5.91 Å². The van der Waals surface area contributed by atoms with E-state index in [2.05, 4.69) is 4.90 Å². The highest BCUT2D eigenvalue weighted by molar-refractivity contribution is 5.76. The Hall–Kier alpha value is -0.610. The SMILES string of the molecule is CN(C)CCN(C)C(=O)CC1CCCO1. The topological polar surface area (TPSA) is 32.8 Å². The van der Waals surface area contributed by atoms with Crippen molar-refractivity contribution in [2.75, 3.05) is 40.8 Å². The molecule has 1 unspecified atom stereocenters. The maximum absolute atomic E-state index is 11.7. The van der Waals surface area contributed by atoms with Gasteiger partial charge in [0.15, 0.2) is 0 Å². The minimum Gasteiger partial charge on any atom is -0.378 e. The summed E-state index contributed by atoms with van der Waals surface area (Å²) >= 11 is 0. The monoisotopic (exact) mass is 214 g/mol. The second kappa shape index (κ2) is 6.08. The first-order valence-electron chi connectivity index (χ1n) is 5.60. The second-order valence-electron chi connectivity index (χ2n) is 4.46. The summed E-state index contributed by atoms with van der Waals surface area (Å²) in [6, 6.07) is 0. The van der Waals surface area contributed by atoms with Crippen molar-refractivity contribution in [3.05, 3.63) is 0 Å². The minimum absolute atomic E-state index is 0.166. The number of carbonyl (C=O) groups is 1. The standard InChI is InChI=1S/C11H22N2O2/c1-12(2)6-7-13(3)11(14)9-10-5-4-8-15-10/h10H,4-9H2,1-3H3. The minimum atomic E-state index is 0.166. The fraction of sp³-hybridized carbons (Fsp3) is 0.909. The van der Waals surface area contributed by atoms with Gasteiger partial charge in [0.05, 0.1) is 12.5 Å². The summed E-state index contributed by atoms with van der Waals surface area (Å²) in [6.07, 6.45) is 2.84. The van der Waals surface area contributed by atoms with E-state index in [0.29, 0.717) is 6.42 Å². The van der Waals surface area contributed by atoms with Crippen LogP contribution in [0.25, 0.3) is 0 Å². The summed E-state index contributed by atoms with van der Waals surface area (Å²) in [7, 11) is 5.89. The Morgan fingerprint density at radius 1 is 1.33 bits per heavy atom. The number of rotatable bonds is 5. The molecule has 0 aliphatic carbocycles. The van der Waals surface area contributed by atoms with E-state index in [1.54, 1.807) is 4.90 Å². The molecule has 1 amide bonds. The molecule has 15 heavy (non-hydrogen) atoms. The Labute approximate surface area is 92.2 Å². The number of amides is 1. The molecule has 1 rings (SSSR count). The third kappa shape index (κ3) is 4.62. The summed E-state index contributed by atoms with van der Waals surface area (Å²) in [5.74, 6) is 0.198. The van der Waals surface area contributed by atoms with Gasteiger partial charge >= 0.3 is 0 Å². The smallest absolute Gasteiger partial charge is 0.224 e. The van der Waals surface area contributed by atoms with Crippen molar-refractivity contribution in [1.29, 1.82) is 0 Å². The van der Waals surface area contributed by atoms with Crippen molar-refractivity contribution in [3.8, 4) is 0 Å². The molecule has 0 aromatic carbocycles. The van der Waals surface area contributed by atoms with E-state index in [0.717, 1.165) is 32.5 Å². The van der Waals surface area contributed by atoms with Crippen molar-refractivity contribution < 1.29 is 9.53 Å². The summed E-state index contributed by atoms with van der Waals surface area (Å²) in [5.41, 5.74) is 0. The molecule has 0 radical (unpaired) electrons. The van der Waals surface area contributed by atoms with Gasteiger partial charge in [0, 0.05) is 26.7 Å². The van der Waals surface area contributed by atoms with Crippen molar-refractivity contribution in [3.63, 3.8) is 0 Å². The summed E-state index contributed by atoms with van der Waals surface area (Å²) < 4.78 is 5.44. The van der Waals surface area contributed by atoms with Crippen LogP contribution in [-0.2, 0) is 9.53 Å². The normalized spacial score (nSPS) is 20.9. The van der Waals surface area contributed by atoms with Gasteiger partial charge in [0.1, 0.15) is 0 Å². The van der Waals surface area contributed by atoms with E-state index in [1.165, 1.54) is 0 Å². The Balaban J connectivity index is 2.20. The molecule has 1 saturated heterocycles. The molecule has 0 saturated carbocycles. The molecule has 0 aromatic heterocycles. The first-order chi connectivity index (χ1) is 7.09.